The molecule has 1 amide bonds. The Morgan fingerprint density at radius 3 is 2.53 bits per heavy atom. The molecule has 1 aliphatic rings. The highest BCUT2D eigenvalue weighted by Gasteiger charge is 2.28. The van der Waals surface area contributed by atoms with Crippen LogP contribution in [0.15, 0.2) is 36.4 Å². The van der Waals surface area contributed by atoms with Crippen LogP contribution in [0.3, 0.4) is 0 Å². The summed E-state index contributed by atoms with van der Waals surface area (Å²) in [6.07, 6.45) is 1.46. The SMILES string of the molecule is O=C(NCCCC(=O)c1ccc(OC2CCC(C(=O)O)CC2)c(F)c1F)c1cc2cc(Cl)ccc2s1. The molecule has 1 saturated carbocycles. The van der Waals surface area contributed by atoms with Crippen molar-refractivity contribution in [2.45, 2.75) is 44.6 Å². The lowest BCUT2D eigenvalue weighted by Gasteiger charge is -2.27. The van der Waals surface area contributed by atoms with Crippen LogP contribution in [0.5, 0.6) is 5.75 Å². The highest BCUT2D eigenvalue weighted by atomic mass is 35.5. The van der Waals surface area contributed by atoms with Crippen LogP contribution < -0.4 is 10.1 Å². The second-order valence-corrected chi connectivity index (χ2v) is 10.3. The van der Waals surface area contributed by atoms with Crippen molar-refractivity contribution in [2.24, 2.45) is 5.92 Å². The van der Waals surface area contributed by atoms with Crippen LogP contribution in [0.1, 0.15) is 58.6 Å². The van der Waals surface area contributed by atoms with Gasteiger partial charge in [-0.3, -0.25) is 14.4 Å². The molecule has 3 aromatic rings. The Labute approximate surface area is 215 Å². The molecule has 190 valence electrons. The Balaban J connectivity index is 1.27. The highest BCUT2D eigenvalue weighted by Crippen LogP contribution is 2.31. The first-order valence-corrected chi connectivity index (χ1v) is 12.8. The van der Waals surface area contributed by atoms with E-state index in [-0.39, 0.29) is 36.6 Å². The van der Waals surface area contributed by atoms with Crippen LogP contribution in [-0.4, -0.2) is 35.4 Å². The van der Waals surface area contributed by atoms with Crippen molar-refractivity contribution in [3.05, 3.63) is 63.5 Å². The van der Waals surface area contributed by atoms with Gasteiger partial charge in [-0.25, -0.2) is 4.39 Å². The van der Waals surface area contributed by atoms with Crippen molar-refractivity contribution in [3.63, 3.8) is 0 Å². The summed E-state index contributed by atoms with van der Waals surface area (Å²) < 4.78 is 35.6. The van der Waals surface area contributed by atoms with Gasteiger partial charge >= 0.3 is 5.97 Å². The van der Waals surface area contributed by atoms with Gasteiger partial charge < -0.3 is 15.2 Å². The minimum Gasteiger partial charge on any atom is -0.487 e. The van der Waals surface area contributed by atoms with Gasteiger partial charge in [-0.15, -0.1) is 11.3 Å². The molecule has 1 aromatic heterocycles. The Bertz CT molecular complexity index is 1300. The van der Waals surface area contributed by atoms with E-state index in [1.807, 2.05) is 6.07 Å². The molecular formula is C26H24ClF2NO5S. The van der Waals surface area contributed by atoms with Gasteiger partial charge in [0.2, 0.25) is 5.82 Å². The summed E-state index contributed by atoms with van der Waals surface area (Å²) >= 11 is 7.30. The van der Waals surface area contributed by atoms with Gasteiger partial charge in [-0.2, -0.15) is 4.39 Å². The quantitative estimate of drug-likeness (QED) is 0.250. The van der Waals surface area contributed by atoms with E-state index in [1.54, 1.807) is 18.2 Å². The molecule has 1 aliphatic carbocycles. The zero-order chi connectivity index (χ0) is 25.8. The van der Waals surface area contributed by atoms with Gasteiger partial charge in [0, 0.05) is 22.7 Å². The number of nitrogens with one attached hydrogen (secondary N) is 1. The summed E-state index contributed by atoms with van der Waals surface area (Å²) in [4.78, 5) is 36.4. The number of amides is 1. The third-order valence-corrected chi connectivity index (χ3v) is 7.58. The van der Waals surface area contributed by atoms with Crippen LogP contribution in [0.4, 0.5) is 8.78 Å². The molecule has 0 unspecified atom stereocenters. The van der Waals surface area contributed by atoms with Gasteiger partial charge in [-0.1, -0.05) is 11.6 Å². The van der Waals surface area contributed by atoms with Gasteiger partial charge in [0.15, 0.2) is 17.3 Å². The van der Waals surface area contributed by atoms with Crippen LogP contribution in [0.2, 0.25) is 5.02 Å². The van der Waals surface area contributed by atoms with Gasteiger partial charge in [0.1, 0.15) is 0 Å². The number of ketones is 1. The molecule has 0 spiro atoms. The van der Waals surface area contributed by atoms with E-state index in [0.717, 1.165) is 10.1 Å². The Kier molecular flexibility index (Phi) is 8.21. The molecule has 0 bridgehead atoms. The predicted molar refractivity (Wildman–Crippen MR) is 133 cm³/mol. The second-order valence-electron chi connectivity index (χ2n) is 8.74. The normalized spacial score (nSPS) is 17.6. The topological polar surface area (TPSA) is 92.7 Å². The first kappa shape index (κ1) is 26.0. The predicted octanol–water partition coefficient (Wildman–Crippen LogP) is 6.25. The number of carbonyl (C=O) groups excluding carboxylic acids is 2. The number of thiophene rings is 1. The molecule has 4 rings (SSSR count). The smallest absolute Gasteiger partial charge is 0.306 e. The fourth-order valence-corrected chi connectivity index (χ4v) is 5.38. The number of ether oxygens (including phenoxy) is 1. The first-order chi connectivity index (χ1) is 17.2. The first-order valence-electron chi connectivity index (χ1n) is 11.6. The van der Waals surface area contributed by atoms with Crippen molar-refractivity contribution in [2.75, 3.05) is 6.54 Å². The maximum atomic E-state index is 14.6. The van der Waals surface area contributed by atoms with Crippen molar-refractivity contribution >= 4 is 50.7 Å². The van der Waals surface area contributed by atoms with E-state index in [0.29, 0.717) is 35.6 Å². The Morgan fingerprint density at radius 2 is 1.81 bits per heavy atom. The van der Waals surface area contributed by atoms with E-state index < -0.39 is 35.4 Å². The average Bonchev–Trinajstić information content (AvgIpc) is 3.28. The number of carboxylic acids is 1. The van der Waals surface area contributed by atoms with Gasteiger partial charge in [0.25, 0.3) is 5.91 Å². The van der Waals surface area contributed by atoms with E-state index >= 15 is 0 Å². The summed E-state index contributed by atoms with van der Waals surface area (Å²) in [6, 6.07) is 9.53. The van der Waals surface area contributed by atoms with Crippen molar-refractivity contribution in [3.8, 4) is 5.75 Å². The lowest BCUT2D eigenvalue weighted by Crippen LogP contribution is -2.28. The molecule has 0 radical (unpaired) electrons. The van der Waals surface area contributed by atoms with Crippen molar-refractivity contribution in [1.82, 2.24) is 5.32 Å². The molecule has 0 aliphatic heterocycles. The fourth-order valence-electron chi connectivity index (χ4n) is 4.24. The molecular weight excluding hydrogens is 512 g/mol. The number of hydrogen-bond donors (Lipinski definition) is 2. The number of rotatable bonds is 9. The lowest BCUT2D eigenvalue weighted by atomic mass is 9.87. The van der Waals surface area contributed by atoms with E-state index in [4.69, 9.17) is 21.4 Å². The molecule has 1 heterocycles. The number of aliphatic carboxylic acids is 1. The average molecular weight is 536 g/mol. The number of fused-ring (bicyclic) bond motifs is 1. The van der Waals surface area contributed by atoms with Crippen molar-refractivity contribution < 1.29 is 33.0 Å². The maximum absolute atomic E-state index is 14.6. The van der Waals surface area contributed by atoms with E-state index in [2.05, 4.69) is 5.32 Å². The molecule has 10 heteroatoms. The van der Waals surface area contributed by atoms with Gasteiger partial charge in [-0.05, 0) is 73.9 Å². The summed E-state index contributed by atoms with van der Waals surface area (Å²) in [5.41, 5.74) is -0.373. The third kappa shape index (κ3) is 6.02. The van der Waals surface area contributed by atoms with Crippen LogP contribution in [-0.2, 0) is 4.79 Å². The number of halogens is 3. The number of Topliss-reactive ketones (excluding diaryl/α,β-unsaturated/α-hetero) is 1. The lowest BCUT2D eigenvalue weighted by molar-refractivity contribution is -0.143. The van der Waals surface area contributed by atoms with Crippen molar-refractivity contribution in [1.29, 1.82) is 0 Å². The largest absolute Gasteiger partial charge is 0.487 e. The Hall–Kier alpha value is -3.04. The minimum atomic E-state index is -1.27. The Morgan fingerprint density at radius 1 is 1.06 bits per heavy atom. The van der Waals surface area contributed by atoms with E-state index in [9.17, 15) is 23.2 Å². The molecule has 6 nitrogen and oxygen atoms in total. The van der Waals surface area contributed by atoms with Crippen LogP contribution in [0, 0.1) is 17.6 Å². The molecule has 2 aromatic carbocycles. The molecule has 1 fully saturated rings. The summed E-state index contributed by atoms with van der Waals surface area (Å²) in [6.45, 7) is 0.198. The standard InChI is InChI=1S/C26H24ClF2NO5S/c27-16-5-10-21-15(12-16)13-22(36-21)25(32)30-11-1-2-19(31)18-8-9-20(24(29)23(18)28)35-17-6-3-14(4-7-17)26(33)34/h5,8-10,12-14,17H,1-4,6-7,11H2,(H,30,32)(H,33,34). The number of carboxylic acid groups (broad SMARTS) is 1. The second kappa shape index (κ2) is 11.3. The number of hydrogen-bond acceptors (Lipinski definition) is 5. The zero-order valence-corrected chi connectivity index (χ0v) is 20.8. The zero-order valence-electron chi connectivity index (χ0n) is 19.2. The monoisotopic (exact) mass is 535 g/mol. The molecule has 2 N–H and O–H groups in total. The van der Waals surface area contributed by atoms with Gasteiger partial charge in [0.05, 0.1) is 22.5 Å². The summed E-state index contributed by atoms with van der Waals surface area (Å²) in [7, 11) is 0. The molecule has 0 saturated heterocycles. The van der Waals surface area contributed by atoms with E-state index in [1.165, 1.54) is 23.5 Å². The molecule has 36 heavy (non-hydrogen) atoms. The van der Waals surface area contributed by atoms with Crippen LogP contribution >= 0.6 is 22.9 Å². The maximum Gasteiger partial charge on any atom is 0.306 e. The molecule has 0 atom stereocenters. The van der Waals surface area contributed by atoms with Crippen LogP contribution in [0.25, 0.3) is 10.1 Å². The summed E-state index contributed by atoms with van der Waals surface area (Å²) in [5, 5.41) is 13.2. The minimum absolute atomic E-state index is 0.0714. The number of carbonyl (C=O) groups is 3. The highest BCUT2D eigenvalue weighted by molar-refractivity contribution is 7.20. The summed E-state index contributed by atoms with van der Waals surface area (Å²) in [5.74, 6) is -4.97. The fraction of sp³-hybridized carbons (Fsp3) is 0.346. The number of benzene rings is 2. The third-order valence-electron chi connectivity index (χ3n) is 6.23.